The van der Waals surface area contributed by atoms with E-state index in [-0.39, 0.29) is 21.3 Å². The number of aromatic nitrogens is 2. The third-order valence-corrected chi connectivity index (χ3v) is 6.26. The van der Waals surface area contributed by atoms with Crippen molar-refractivity contribution in [3.63, 3.8) is 0 Å². The van der Waals surface area contributed by atoms with E-state index >= 15 is 0 Å². The first-order valence-electron chi connectivity index (χ1n) is 8.54. The van der Waals surface area contributed by atoms with Crippen molar-refractivity contribution in [1.82, 2.24) is 14.9 Å². The lowest BCUT2D eigenvalue weighted by molar-refractivity contribution is 0.583. The lowest BCUT2D eigenvalue weighted by atomic mass is 10.1. The molecule has 146 valence electrons. The van der Waals surface area contributed by atoms with Crippen LogP contribution in [0.3, 0.4) is 0 Å². The molecule has 1 aromatic heterocycles. The van der Waals surface area contributed by atoms with Gasteiger partial charge in [-0.1, -0.05) is 29.3 Å². The van der Waals surface area contributed by atoms with Crippen molar-refractivity contribution in [2.24, 2.45) is 5.14 Å². The zero-order valence-corrected chi connectivity index (χ0v) is 16.9. The van der Waals surface area contributed by atoms with Crippen LogP contribution >= 0.6 is 23.2 Å². The summed E-state index contributed by atoms with van der Waals surface area (Å²) in [5, 5.41) is 9.29. The van der Waals surface area contributed by atoms with Gasteiger partial charge in [-0.25, -0.2) is 18.5 Å². The van der Waals surface area contributed by atoms with Gasteiger partial charge in [-0.2, -0.15) is 0 Å². The van der Waals surface area contributed by atoms with Crippen molar-refractivity contribution in [3.05, 3.63) is 62.6 Å². The van der Waals surface area contributed by atoms with Crippen LogP contribution in [0.25, 0.3) is 16.6 Å². The molecule has 3 aromatic rings. The van der Waals surface area contributed by atoms with E-state index in [2.05, 4.69) is 10.3 Å². The molecule has 1 unspecified atom stereocenters. The van der Waals surface area contributed by atoms with Crippen molar-refractivity contribution in [2.75, 3.05) is 6.54 Å². The molecule has 1 aliphatic heterocycles. The van der Waals surface area contributed by atoms with Gasteiger partial charge in [0.25, 0.3) is 5.56 Å². The Hall–Kier alpha value is -1.97. The van der Waals surface area contributed by atoms with Gasteiger partial charge >= 0.3 is 0 Å². The van der Waals surface area contributed by atoms with Gasteiger partial charge in [0, 0.05) is 0 Å². The zero-order chi connectivity index (χ0) is 20.1. The molecule has 0 amide bonds. The van der Waals surface area contributed by atoms with Crippen LogP contribution in [0.2, 0.25) is 10.0 Å². The fraction of sp³-hybridized carbons (Fsp3) is 0.222. The summed E-state index contributed by atoms with van der Waals surface area (Å²) in [4.78, 5) is 18.0. The van der Waals surface area contributed by atoms with Gasteiger partial charge in [-0.3, -0.25) is 9.36 Å². The highest BCUT2D eigenvalue weighted by Crippen LogP contribution is 2.30. The SMILES string of the molecule is NS(=O)(=O)c1cccc(-n2c(C3CCCN3)nc3c(Cl)ccc(Cl)c3c2=O)c1. The van der Waals surface area contributed by atoms with Crippen LogP contribution in [-0.2, 0) is 10.0 Å². The van der Waals surface area contributed by atoms with Crippen LogP contribution < -0.4 is 16.0 Å². The molecule has 28 heavy (non-hydrogen) atoms. The van der Waals surface area contributed by atoms with Crippen LogP contribution in [0.4, 0.5) is 0 Å². The number of rotatable bonds is 3. The predicted molar refractivity (Wildman–Crippen MR) is 109 cm³/mol. The summed E-state index contributed by atoms with van der Waals surface area (Å²) in [5.74, 6) is 0.450. The molecular weight excluding hydrogens is 423 g/mol. The molecule has 3 N–H and O–H groups in total. The maximum Gasteiger partial charge on any atom is 0.267 e. The van der Waals surface area contributed by atoms with Gasteiger partial charge in [0.2, 0.25) is 10.0 Å². The normalized spacial score (nSPS) is 17.3. The number of nitrogens with one attached hydrogen (secondary N) is 1. The summed E-state index contributed by atoms with van der Waals surface area (Å²) in [6.07, 6.45) is 1.71. The average Bonchev–Trinajstić information content (AvgIpc) is 3.18. The number of benzene rings is 2. The number of hydrogen-bond acceptors (Lipinski definition) is 5. The number of sulfonamides is 1. The fourth-order valence-electron chi connectivity index (χ4n) is 3.42. The first kappa shape index (κ1) is 19.4. The maximum atomic E-state index is 13.4. The maximum absolute atomic E-state index is 13.4. The number of nitrogens with two attached hydrogens (primary N) is 1. The Morgan fingerprint density at radius 1 is 1.18 bits per heavy atom. The van der Waals surface area contributed by atoms with E-state index in [0.29, 0.717) is 22.1 Å². The smallest absolute Gasteiger partial charge is 0.267 e. The van der Waals surface area contributed by atoms with Crippen LogP contribution in [0.5, 0.6) is 0 Å². The fourth-order valence-corrected chi connectivity index (χ4v) is 4.41. The molecule has 1 atom stereocenters. The van der Waals surface area contributed by atoms with E-state index in [9.17, 15) is 13.2 Å². The van der Waals surface area contributed by atoms with Crippen molar-refractivity contribution < 1.29 is 8.42 Å². The molecule has 0 radical (unpaired) electrons. The Morgan fingerprint density at radius 2 is 1.93 bits per heavy atom. The van der Waals surface area contributed by atoms with Gasteiger partial charge in [0.15, 0.2) is 0 Å². The number of primary sulfonamides is 1. The first-order valence-corrected chi connectivity index (χ1v) is 10.8. The molecule has 2 aromatic carbocycles. The van der Waals surface area contributed by atoms with Crippen molar-refractivity contribution in [1.29, 1.82) is 0 Å². The monoisotopic (exact) mass is 438 g/mol. The summed E-state index contributed by atoms with van der Waals surface area (Å²) >= 11 is 12.5. The second-order valence-corrected chi connectivity index (χ2v) is 8.93. The number of halogens is 2. The number of hydrogen-bond donors (Lipinski definition) is 2. The van der Waals surface area contributed by atoms with Crippen LogP contribution in [0.15, 0.2) is 46.1 Å². The molecule has 1 aliphatic rings. The highest BCUT2D eigenvalue weighted by atomic mass is 35.5. The van der Waals surface area contributed by atoms with E-state index in [4.69, 9.17) is 28.3 Å². The third-order valence-electron chi connectivity index (χ3n) is 4.73. The lowest BCUT2D eigenvalue weighted by Crippen LogP contribution is -2.29. The van der Waals surface area contributed by atoms with E-state index in [1.54, 1.807) is 12.1 Å². The summed E-state index contributed by atoms with van der Waals surface area (Å²) in [6.45, 7) is 0.791. The predicted octanol–water partition coefficient (Wildman–Crippen LogP) is 2.76. The standard InChI is InChI=1S/C18H16Cl2N4O3S/c19-12-6-7-13(20)16-15(12)18(25)24(17(23-16)14-5-2-8-22-14)10-3-1-4-11(9-10)28(21,26)27/h1,3-4,6-7,9,14,22H,2,5,8H2,(H2,21,26,27). The van der Waals surface area contributed by atoms with E-state index in [0.717, 1.165) is 19.4 Å². The molecule has 0 spiro atoms. The minimum atomic E-state index is -3.93. The summed E-state index contributed by atoms with van der Waals surface area (Å²) < 4.78 is 24.9. The largest absolute Gasteiger partial charge is 0.307 e. The molecule has 4 rings (SSSR count). The third kappa shape index (κ3) is 3.31. The van der Waals surface area contributed by atoms with Crippen molar-refractivity contribution in [3.8, 4) is 5.69 Å². The lowest BCUT2D eigenvalue weighted by Gasteiger charge is -2.19. The molecule has 7 nitrogen and oxygen atoms in total. The van der Waals surface area contributed by atoms with Crippen molar-refractivity contribution in [2.45, 2.75) is 23.8 Å². The summed E-state index contributed by atoms with van der Waals surface area (Å²) in [6, 6.07) is 8.82. The highest BCUT2D eigenvalue weighted by molar-refractivity contribution is 7.89. The average molecular weight is 439 g/mol. The second kappa shape index (κ2) is 7.13. The summed E-state index contributed by atoms with van der Waals surface area (Å²) in [7, 11) is -3.93. The molecule has 0 aliphatic carbocycles. The minimum absolute atomic E-state index is 0.0977. The quantitative estimate of drug-likeness (QED) is 0.653. The molecular formula is C18H16Cl2N4O3S. The van der Waals surface area contributed by atoms with Crippen LogP contribution in [-0.4, -0.2) is 24.5 Å². The van der Waals surface area contributed by atoms with E-state index < -0.39 is 15.6 Å². The van der Waals surface area contributed by atoms with Gasteiger partial charge in [0.05, 0.1) is 37.6 Å². The Labute approximate surface area is 171 Å². The Balaban J connectivity index is 2.10. The molecule has 10 heteroatoms. The Morgan fingerprint density at radius 3 is 2.61 bits per heavy atom. The van der Waals surface area contributed by atoms with Gasteiger partial charge < -0.3 is 5.32 Å². The molecule has 1 fully saturated rings. The Kier molecular flexibility index (Phi) is 4.93. The zero-order valence-electron chi connectivity index (χ0n) is 14.5. The van der Waals surface area contributed by atoms with Gasteiger partial charge in [-0.05, 0) is 49.7 Å². The minimum Gasteiger partial charge on any atom is -0.307 e. The van der Waals surface area contributed by atoms with Crippen LogP contribution in [0, 0.1) is 0 Å². The van der Waals surface area contributed by atoms with E-state index in [1.165, 1.54) is 28.8 Å². The number of fused-ring (bicyclic) bond motifs is 1. The van der Waals surface area contributed by atoms with E-state index in [1.807, 2.05) is 0 Å². The highest BCUT2D eigenvalue weighted by Gasteiger charge is 2.25. The molecule has 0 saturated carbocycles. The summed E-state index contributed by atoms with van der Waals surface area (Å²) in [5.41, 5.74) is 0.236. The van der Waals surface area contributed by atoms with Gasteiger partial charge in [-0.15, -0.1) is 0 Å². The van der Waals surface area contributed by atoms with Gasteiger partial charge in [0.1, 0.15) is 5.82 Å². The van der Waals surface area contributed by atoms with Crippen molar-refractivity contribution >= 4 is 44.1 Å². The molecule has 2 heterocycles. The Bertz CT molecular complexity index is 1250. The number of nitrogens with zero attached hydrogens (tertiary/aromatic N) is 2. The topological polar surface area (TPSA) is 107 Å². The molecule has 1 saturated heterocycles. The molecule has 0 bridgehead atoms. The first-order chi connectivity index (χ1) is 13.3. The second-order valence-electron chi connectivity index (χ2n) is 6.55. The van der Waals surface area contributed by atoms with Crippen LogP contribution in [0.1, 0.15) is 24.7 Å².